The van der Waals surface area contributed by atoms with Crippen molar-refractivity contribution in [3.8, 4) is 0 Å². The third-order valence-corrected chi connectivity index (χ3v) is 4.57. The number of hydrogen-bond donors (Lipinski definition) is 1. The molecule has 0 fully saturated rings. The highest BCUT2D eigenvalue weighted by molar-refractivity contribution is 7.17. The van der Waals surface area contributed by atoms with Crippen molar-refractivity contribution in [3.63, 3.8) is 0 Å². The van der Waals surface area contributed by atoms with Crippen molar-refractivity contribution in [2.24, 2.45) is 5.73 Å². The number of ether oxygens (including phenoxy) is 1. The molecule has 4 nitrogen and oxygen atoms in total. The Kier molecular flexibility index (Phi) is 20.3. The first kappa shape index (κ1) is 23.1. The van der Waals surface area contributed by atoms with E-state index in [1.165, 1.54) is 77.0 Å². The van der Waals surface area contributed by atoms with Crippen molar-refractivity contribution in [1.82, 2.24) is 0 Å². The number of unbranched alkanes of at least 4 members (excludes halogenated alkanes) is 12. The highest BCUT2D eigenvalue weighted by Crippen LogP contribution is 2.13. The monoisotopic (exact) mass is 349 g/mol. The first-order chi connectivity index (χ1) is 11.3. The van der Waals surface area contributed by atoms with Crippen LogP contribution in [-0.4, -0.2) is 19.4 Å². The normalized spacial score (nSPS) is 13.1. The van der Waals surface area contributed by atoms with Crippen LogP contribution in [0.25, 0.3) is 0 Å². The maximum atomic E-state index is 10.2. The summed E-state index contributed by atoms with van der Waals surface area (Å²) in [6, 6.07) is 0. The summed E-state index contributed by atoms with van der Waals surface area (Å²) in [4.78, 5) is 0. The Balaban J connectivity index is 3.01. The molecule has 0 aliphatic carbocycles. The molecule has 5 heteroatoms. The van der Waals surface area contributed by atoms with Crippen LogP contribution in [0.2, 0.25) is 0 Å². The van der Waals surface area contributed by atoms with Gasteiger partial charge in [-0.2, -0.15) is 0 Å². The third kappa shape index (κ3) is 20.1. The largest absolute Gasteiger partial charge is 0.364 e. The van der Waals surface area contributed by atoms with Crippen LogP contribution < -0.4 is 5.73 Å². The van der Waals surface area contributed by atoms with Gasteiger partial charge in [0.2, 0.25) is 0 Å². The van der Waals surface area contributed by atoms with E-state index >= 15 is 0 Å². The Bertz CT molecular complexity index is 242. The smallest absolute Gasteiger partial charge is 0.179 e. The van der Waals surface area contributed by atoms with E-state index in [1.54, 1.807) is 0 Å². The van der Waals surface area contributed by atoms with E-state index in [0.717, 1.165) is 19.4 Å². The van der Waals surface area contributed by atoms with Gasteiger partial charge in [0.1, 0.15) is 6.23 Å². The zero-order valence-electron chi connectivity index (χ0n) is 15.3. The summed E-state index contributed by atoms with van der Waals surface area (Å²) in [5.74, 6) is 0. The van der Waals surface area contributed by atoms with Gasteiger partial charge in [-0.15, -0.1) is 0 Å². The highest BCUT2D eigenvalue weighted by atomic mass is 31.1. The molecule has 0 saturated heterocycles. The standard InChI is InChI=1S/C18H40NO3P/c1-2-21-18(19)16-14-12-10-8-6-4-3-5-7-9-11-13-15-17-22-23-20/h18H,2-17,19,23H2,1H3. The van der Waals surface area contributed by atoms with Crippen molar-refractivity contribution < 1.29 is 13.8 Å². The SMILES string of the molecule is CCOC(N)CCCCCCCCCCCCCCCO[PH2]=O. The molecule has 2 atom stereocenters. The molecular formula is C18H40NO3P. The average Bonchev–Trinajstić information content (AvgIpc) is 2.54. The molecule has 2 N–H and O–H groups in total. The van der Waals surface area contributed by atoms with Crippen LogP contribution in [0.3, 0.4) is 0 Å². The molecule has 0 aliphatic heterocycles. The van der Waals surface area contributed by atoms with Crippen LogP contribution in [0.4, 0.5) is 0 Å². The van der Waals surface area contributed by atoms with Gasteiger partial charge in [-0.1, -0.05) is 70.6 Å². The summed E-state index contributed by atoms with van der Waals surface area (Å²) in [6.07, 6.45) is 17.9. The van der Waals surface area contributed by atoms with Gasteiger partial charge in [-0.05, 0) is 26.2 Å². The van der Waals surface area contributed by atoms with Crippen molar-refractivity contribution in [1.29, 1.82) is 0 Å². The van der Waals surface area contributed by atoms with Gasteiger partial charge in [0.25, 0.3) is 0 Å². The van der Waals surface area contributed by atoms with Gasteiger partial charge >= 0.3 is 0 Å². The maximum absolute atomic E-state index is 10.2. The summed E-state index contributed by atoms with van der Waals surface area (Å²) in [6.45, 7) is 3.39. The summed E-state index contributed by atoms with van der Waals surface area (Å²) in [5.41, 5.74) is 5.80. The topological polar surface area (TPSA) is 61.6 Å². The fraction of sp³-hybridized carbons (Fsp3) is 1.00. The lowest BCUT2D eigenvalue weighted by atomic mass is 10.0. The summed E-state index contributed by atoms with van der Waals surface area (Å²) >= 11 is 0. The predicted octanol–water partition coefficient (Wildman–Crippen LogP) is 5.46. The van der Waals surface area contributed by atoms with E-state index in [0.29, 0.717) is 6.61 Å². The minimum absolute atomic E-state index is 0.0553. The molecule has 23 heavy (non-hydrogen) atoms. The number of rotatable bonds is 19. The van der Waals surface area contributed by atoms with Gasteiger partial charge in [0.05, 0.1) is 6.61 Å². The lowest BCUT2D eigenvalue weighted by Crippen LogP contribution is -2.23. The maximum Gasteiger partial charge on any atom is 0.179 e. The number of hydrogen-bond acceptors (Lipinski definition) is 4. The van der Waals surface area contributed by atoms with Crippen LogP contribution >= 0.6 is 8.69 Å². The van der Waals surface area contributed by atoms with Crippen molar-refractivity contribution in [2.75, 3.05) is 13.2 Å². The Labute approximate surface area is 145 Å². The van der Waals surface area contributed by atoms with Crippen molar-refractivity contribution in [3.05, 3.63) is 0 Å². The van der Waals surface area contributed by atoms with Gasteiger partial charge in [0, 0.05) is 6.61 Å². The Morgan fingerprint density at radius 2 is 1.22 bits per heavy atom. The predicted molar refractivity (Wildman–Crippen MR) is 101 cm³/mol. The second-order valence-corrected chi connectivity index (χ2v) is 6.87. The van der Waals surface area contributed by atoms with Crippen LogP contribution in [0.15, 0.2) is 0 Å². The molecule has 0 saturated carbocycles. The molecule has 0 aromatic heterocycles. The molecule has 0 bridgehead atoms. The summed E-state index contributed by atoms with van der Waals surface area (Å²) in [5, 5.41) is 0. The lowest BCUT2D eigenvalue weighted by Gasteiger charge is -2.10. The van der Waals surface area contributed by atoms with Crippen LogP contribution in [0.5, 0.6) is 0 Å². The van der Waals surface area contributed by atoms with E-state index in [9.17, 15) is 4.57 Å². The fourth-order valence-electron chi connectivity index (χ4n) is 2.82. The summed E-state index contributed by atoms with van der Waals surface area (Å²) < 4.78 is 20.4. The molecule has 0 heterocycles. The molecular weight excluding hydrogens is 309 g/mol. The van der Waals surface area contributed by atoms with Gasteiger partial charge < -0.3 is 15.0 Å². The second-order valence-electron chi connectivity index (χ2n) is 6.35. The molecule has 140 valence electrons. The van der Waals surface area contributed by atoms with Gasteiger partial charge in [-0.25, -0.2) is 0 Å². The molecule has 0 amide bonds. The minimum Gasteiger partial charge on any atom is -0.364 e. The second kappa shape index (κ2) is 20.2. The number of nitrogens with two attached hydrogens (primary N) is 1. The fourth-order valence-corrected chi connectivity index (χ4v) is 3.08. The van der Waals surface area contributed by atoms with Gasteiger partial charge in [-0.3, -0.25) is 4.57 Å². The average molecular weight is 349 g/mol. The lowest BCUT2D eigenvalue weighted by molar-refractivity contribution is 0.0597. The van der Waals surface area contributed by atoms with E-state index < -0.39 is 8.69 Å². The van der Waals surface area contributed by atoms with E-state index in [4.69, 9.17) is 15.0 Å². The molecule has 0 aromatic carbocycles. The molecule has 0 spiro atoms. The molecule has 0 aromatic rings. The molecule has 2 unspecified atom stereocenters. The summed E-state index contributed by atoms with van der Waals surface area (Å²) in [7, 11) is -1.01. The zero-order valence-corrected chi connectivity index (χ0v) is 16.4. The Morgan fingerprint density at radius 1 is 0.783 bits per heavy atom. The van der Waals surface area contributed by atoms with E-state index in [1.807, 2.05) is 6.92 Å². The first-order valence-corrected chi connectivity index (χ1v) is 10.7. The highest BCUT2D eigenvalue weighted by Gasteiger charge is 2.00. The van der Waals surface area contributed by atoms with Crippen LogP contribution in [0, 0.1) is 0 Å². The van der Waals surface area contributed by atoms with Crippen LogP contribution in [-0.2, 0) is 13.8 Å². The quantitative estimate of drug-likeness (QED) is 0.191. The minimum atomic E-state index is -1.01. The third-order valence-electron chi connectivity index (χ3n) is 4.20. The Hall–Kier alpha value is 0.110. The van der Waals surface area contributed by atoms with Crippen LogP contribution in [0.1, 0.15) is 96.8 Å². The van der Waals surface area contributed by atoms with E-state index in [-0.39, 0.29) is 6.23 Å². The molecule has 0 aliphatic rings. The zero-order chi connectivity index (χ0) is 17.0. The first-order valence-electron chi connectivity index (χ1n) is 9.73. The van der Waals surface area contributed by atoms with E-state index in [2.05, 4.69) is 0 Å². The molecule has 0 radical (unpaired) electrons. The van der Waals surface area contributed by atoms with Gasteiger partial charge in [0.15, 0.2) is 8.69 Å². The Morgan fingerprint density at radius 3 is 1.65 bits per heavy atom. The van der Waals surface area contributed by atoms with Crippen molar-refractivity contribution in [2.45, 2.75) is 103 Å². The molecule has 0 rings (SSSR count). The van der Waals surface area contributed by atoms with Crippen molar-refractivity contribution >= 4 is 8.69 Å².